The van der Waals surface area contributed by atoms with E-state index in [0.717, 1.165) is 44.6 Å². The summed E-state index contributed by atoms with van der Waals surface area (Å²) in [7, 11) is -3.63. The Bertz CT molecular complexity index is 981. The highest BCUT2D eigenvalue weighted by Crippen LogP contribution is 2.23. The molecule has 1 N–H and O–H groups in total. The lowest BCUT2D eigenvalue weighted by atomic mass is 10.2. The van der Waals surface area contributed by atoms with Gasteiger partial charge in [-0.15, -0.1) is 0 Å². The Hall–Kier alpha value is -2.05. The highest BCUT2D eigenvalue weighted by atomic mass is 32.2. The number of aryl methyl sites for hydroxylation is 1. The normalized spacial score (nSPS) is 21.0. The van der Waals surface area contributed by atoms with Crippen molar-refractivity contribution >= 4 is 27.5 Å². The minimum Gasteiger partial charge on any atom is -0.379 e. The lowest BCUT2D eigenvalue weighted by Crippen LogP contribution is -2.51. The fraction of sp³-hybridized carbons (Fsp3) is 0.652. The van der Waals surface area contributed by atoms with Crippen LogP contribution in [0.1, 0.15) is 18.4 Å². The van der Waals surface area contributed by atoms with Gasteiger partial charge in [-0.1, -0.05) is 6.07 Å². The molecule has 0 atom stereocenters. The molecular weight excluding hydrogens is 458 g/mol. The number of sulfonamides is 1. The molecule has 0 bridgehead atoms. The summed E-state index contributed by atoms with van der Waals surface area (Å²) in [5, 5.41) is 2.89. The summed E-state index contributed by atoms with van der Waals surface area (Å²) >= 11 is 0. The molecule has 1 aromatic rings. The Morgan fingerprint density at radius 3 is 2.18 bits per heavy atom. The molecular formula is C23H35N5O5S. The zero-order valence-corrected chi connectivity index (χ0v) is 20.7. The van der Waals surface area contributed by atoms with Gasteiger partial charge in [-0.3, -0.25) is 19.4 Å². The van der Waals surface area contributed by atoms with Crippen molar-refractivity contribution in [3.05, 3.63) is 23.8 Å². The molecule has 4 rings (SSSR count). The molecule has 0 aliphatic carbocycles. The van der Waals surface area contributed by atoms with Crippen molar-refractivity contribution in [2.45, 2.75) is 24.7 Å². The smallest absolute Gasteiger partial charge is 0.243 e. The van der Waals surface area contributed by atoms with Crippen molar-refractivity contribution in [3.8, 4) is 0 Å². The first kappa shape index (κ1) is 25.1. The first-order valence-electron chi connectivity index (χ1n) is 12.0. The van der Waals surface area contributed by atoms with E-state index in [1.54, 1.807) is 18.2 Å². The Kier molecular flexibility index (Phi) is 8.20. The third kappa shape index (κ3) is 6.14. The standard InChI is InChI=1S/C23H35N5O5S/c1-19-4-5-20(34(31,32)28-12-14-33-15-13-28)16-21(19)24-22(29)17-25-8-10-26(11-9-25)18-23(30)27-6-2-3-7-27/h4-5,16H,2-3,6-15,17-18H2,1H3,(H,24,29). The maximum Gasteiger partial charge on any atom is 0.243 e. The second-order valence-corrected chi connectivity index (χ2v) is 11.1. The summed E-state index contributed by atoms with van der Waals surface area (Å²) in [5.74, 6) is 0.0247. The van der Waals surface area contributed by atoms with Gasteiger partial charge in [-0.05, 0) is 37.5 Å². The summed E-state index contributed by atoms with van der Waals surface area (Å²) in [6.45, 7) is 8.60. The van der Waals surface area contributed by atoms with E-state index in [0.29, 0.717) is 51.6 Å². The van der Waals surface area contributed by atoms with Crippen LogP contribution >= 0.6 is 0 Å². The number of likely N-dealkylation sites (tertiary alicyclic amines) is 1. The third-order valence-electron chi connectivity index (χ3n) is 6.74. The largest absolute Gasteiger partial charge is 0.379 e. The number of hydrogen-bond acceptors (Lipinski definition) is 7. The zero-order valence-electron chi connectivity index (χ0n) is 19.9. The Balaban J connectivity index is 1.28. The van der Waals surface area contributed by atoms with Gasteiger partial charge in [0.05, 0.1) is 31.2 Å². The number of piperazine rings is 1. The first-order valence-corrected chi connectivity index (χ1v) is 13.5. The SMILES string of the molecule is Cc1ccc(S(=O)(=O)N2CCOCC2)cc1NC(=O)CN1CCN(CC(=O)N2CCCC2)CC1. The van der Waals surface area contributed by atoms with E-state index in [4.69, 9.17) is 4.74 Å². The summed E-state index contributed by atoms with van der Waals surface area (Å²) < 4.78 is 32.6. The zero-order chi connectivity index (χ0) is 24.1. The summed E-state index contributed by atoms with van der Waals surface area (Å²) in [6.07, 6.45) is 2.19. The topological polar surface area (TPSA) is 102 Å². The Morgan fingerprint density at radius 2 is 1.53 bits per heavy atom. The number of ether oxygens (including phenoxy) is 1. The van der Waals surface area contributed by atoms with Crippen molar-refractivity contribution in [1.29, 1.82) is 0 Å². The lowest BCUT2D eigenvalue weighted by molar-refractivity contribution is -0.132. The van der Waals surface area contributed by atoms with Crippen LogP contribution in [0.5, 0.6) is 0 Å². The third-order valence-corrected chi connectivity index (χ3v) is 8.64. The van der Waals surface area contributed by atoms with E-state index in [2.05, 4.69) is 15.1 Å². The van der Waals surface area contributed by atoms with Crippen LogP contribution in [0, 0.1) is 6.92 Å². The number of morpholine rings is 1. The van der Waals surface area contributed by atoms with Crippen molar-refractivity contribution < 1.29 is 22.7 Å². The van der Waals surface area contributed by atoms with Gasteiger partial charge in [0.1, 0.15) is 0 Å². The van der Waals surface area contributed by atoms with Gasteiger partial charge in [0, 0.05) is 58.0 Å². The molecule has 2 amide bonds. The molecule has 3 aliphatic rings. The first-order chi connectivity index (χ1) is 16.3. The summed E-state index contributed by atoms with van der Waals surface area (Å²) in [5.41, 5.74) is 1.31. The molecule has 3 fully saturated rings. The molecule has 0 radical (unpaired) electrons. The monoisotopic (exact) mass is 493 g/mol. The van der Waals surface area contributed by atoms with Crippen LogP contribution in [0.3, 0.4) is 0 Å². The Morgan fingerprint density at radius 1 is 0.912 bits per heavy atom. The number of anilines is 1. The fourth-order valence-corrected chi connectivity index (χ4v) is 6.02. The molecule has 11 heteroatoms. The predicted octanol–water partition coefficient (Wildman–Crippen LogP) is 0.194. The van der Waals surface area contributed by atoms with Crippen LogP contribution in [0.2, 0.25) is 0 Å². The van der Waals surface area contributed by atoms with Gasteiger partial charge in [0.25, 0.3) is 0 Å². The van der Waals surface area contributed by atoms with Crippen LogP contribution in [-0.4, -0.2) is 118 Å². The number of benzene rings is 1. The number of rotatable bonds is 7. The quantitative estimate of drug-likeness (QED) is 0.579. The van der Waals surface area contributed by atoms with E-state index in [1.807, 2.05) is 11.8 Å². The molecule has 0 unspecified atom stereocenters. The van der Waals surface area contributed by atoms with E-state index in [-0.39, 0.29) is 23.3 Å². The van der Waals surface area contributed by atoms with E-state index < -0.39 is 10.0 Å². The van der Waals surface area contributed by atoms with Crippen LogP contribution in [0.25, 0.3) is 0 Å². The maximum absolute atomic E-state index is 13.0. The van der Waals surface area contributed by atoms with Gasteiger partial charge < -0.3 is 15.0 Å². The van der Waals surface area contributed by atoms with Crippen molar-refractivity contribution in [3.63, 3.8) is 0 Å². The van der Waals surface area contributed by atoms with Crippen molar-refractivity contribution in [1.82, 2.24) is 19.0 Å². The summed E-state index contributed by atoms with van der Waals surface area (Å²) in [6, 6.07) is 4.84. The van der Waals surface area contributed by atoms with Crippen LogP contribution in [0.4, 0.5) is 5.69 Å². The lowest BCUT2D eigenvalue weighted by Gasteiger charge is -2.34. The highest BCUT2D eigenvalue weighted by molar-refractivity contribution is 7.89. The highest BCUT2D eigenvalue weighted by Gasteiger charge is 2.27. The second kappa shape index (κ2) is 11.1. The molecule has 0 aromatic heterocycles. The minimum atomic E-state index is -3.63. The van der Waals surface area contributed by atoms with Gasteiger partial charge in [0.15, 0.2) is 0 Å². The van der Waals surface area contributed by atoms with Gasteiger partial charge >= 0.3 is 0 Å². The number of carbonyl (C=O) groups is 2. The van der Waals surface area contributed by atoms with Gasteiger partial charge in [-0.25, -0.2) is 8.42 Å². The molecule has 3 saturated heterocycles. The molecule has 0 spiro atoms. The predicted molar refractivity (Wildman–Crippen MR) is 128 cm³/mol. The molecule has 3 aliphatic heterocycles. The summed E-state index contributed by atoms with van der Waals surface area (Å²) in [4.78, 5) is 31.4. The van der Waals surface area contributed by atoms with Crippen LogP contribution in [0.15, 0.2) is 23.1 Å². The average molecular weight is 494 g/mol. The van der Waals surface area contributed by atoms with Crippen molar-refractivity contribution in [2.75, 3.05) is 84.0 Å². The molecule has 1 aromatic carbocycles. The molecule has 34 heavy (non-hydrogen) atoms. The molecule has 0 saturated carbocycles. The van der Waals surface area contributed by atoms with Crippen LogP contribution < -0.4 is 5.32 Å². The van der Waals surface area contributed by atoms with E-state index in [1.165, 1.54) is 4.31 Å². The molecule has 188 valence electrons. The Labute approximate surface area is 201 Å². The van der Waals surface area contributed by atoms with Crippen molar-refractivity contribution in [2.24, 2.45) is 0 Å². The molecule has 3 heterocycles. The number of hydrogen-bond donors (Lipinski definition) is 1. The number of amides is 2. The van der Waals surface area contributed by atoms with E-state index >= 15 is 0 Å². The second-order valence-electron chi connectivity index (χ2n) is 9.18. The number of nitrogens with one attached hydrogen (secondary N) is 1. The van der Waals surface area contributed by atoms with Crippen LogP contribution in [-0.2, 0) is 24.3 Å². The molecule has 10 nitrogen and oxygen atoms in total. The minimum absolute atomic E-state index is 0.173. The van der Waals surface area contributed by atoms with E-state index in [9.17, 15) is 18.0 Å². The average Bonchev–Trinajstić information content (AvgIpc) is 3.37. The number of nitrogens with zero attached hydrogens (tertiary/aromatic N) is 4. The van der Waals surface area contributed by atoms with Gasteiger partial charge in [0.2, 0.25) is 21.8 Å². The number of carbonyl (C=O) groups excluding carboxylic acids is 2. The fourth-order valence-electron chi connectivity index (χ4n) is 4.59. The maximum atomic E-state index is 13.0. The van der Waals surface area contributed by atoms with Gasteiger partial charge in [-0.2, -0.15) is 4.31 Å².